The summed E-state index contributed by atoms with van der Waals surface area (Å²) in [5.74, 6) is 0.372. The van der Waals surface area contributed by atoms with Crippen molar-refractivity contribution < 1.29 is 24.0 Å². The Morgan fingerprint density at radius 1 is 1.37 bits per heavy atom. The van der Waals surface area contributed by atoms with Gasteiger partial charge in [-0.3, -0.25) is 10.1 Å². The van der Waals surface area contributed by atoms with E-state index in [2.05, 4.69) is 5.16 Å². The SMILES string of the molecule is COc1cc(C=C2CCCN3C2=NOC3(CO)c2ccc(F)cc2)ccc1[N+](=O)[O-]. The lowest BCUT2D eigenvalue weighted by Gasteiger charge is -2.38. The standard InChI is InChI=1S/C21H20FN3O5/c1-29-19-12-14(4-9-18(19)25(27)28)11-15-3-2-10-24-20(15)23-30-21(24,13-26)16-5-7-17(22)8-6-16/h4-9,11-12,26H,2-3,10,13H2,1H3. The summed E-state index contributed by atoms with van der Waals surface area (Å²) in [5, 5.41) is 25.5. The Balaban J connectivity index is 1.68. The summed E-state index contributed by atoms with van der Waals surface area (Å²) in [6.45, 7) is 0.252. The highest BCUT2D eigenvalue weighted by Crippen LogP contribution is 2.40. The maximum Gasteiger partial charge on any atom is 0.310 e. The fourth-order valence-corrected chi connectivity index (χ4v) is 3.84. The van der Waals surface area contributed by atoms with E-state index in [0.29, 0.717) is 17.9 Å². The third-order valence-corrected chi connectivity index (χ3v) is 5.34. The summed E-state index contributed by atoms with van der Waals surface area (Å²) in [6.07, 6.45) is 3.39. The minimum Gasteiger partial charge on any atom is -0.490 e. The van der Waals surface area contributed by atoms with Gasteiger partial charge in [-0.25, -0.2) is 4.39 Å². The molecular formula is C21H20FN3O5. The normalized spacial score (nSPS) is 21.8. The van der Waals surface area contributed by atoms with Crippen molar-refractivity contribution in [2.75, 3.05) is 20.3 Å². The van der Waals surface area contributed by atoms with Crippen LogP contribution in [0.15, 0.2) is 53.2 Å². The fraction of sp³-hybridized carbons (Fsp3) is 0.286. The van der Waals surface area contributed by atoms with E-state index in [1.165, 1.54) is 25.3 Å². The summed E-state index contributed by atoms with van der Waals surface area (Å²) < 4.78 is 18.5. The number of fused-ring (bicyclic) bond motifs is 1. The molecular weight excluding hydrogens is 393 g/mol. The van der Waals surface area contributed by atoms with Crippen LogP contribution in [0.3, 0.4) is 0 Å². The zero-order chi connectivity index (χ0) is 21.3. The largest absolute Gasteiger partial charge is 0.490 e. The molecule has 0 amide bonds. The van der Waals surface area contributed by atoms with Gasteiger partial charge in [0.2, 0.25) is 0 Å². The Kier molecular flexibility index (Phi) is 5.13. The number of halogens is 1. The van der Waals surface area contributed by atoms with Crippen molar-refractivity contribution in [1.82, 2.24) is 4.90 Å². The Morgan fingerprint density at radius 2 is 2.13 bits per heavy atom. The van der Waals surface area contributed by atoms with E-state index in [-0.39, 0.29) is 23.9 Å². The van der Waals surface area contributed by atoms with Gasteiger partial charge in [-0.05, 0) is 66.5 Å². The van der Waals surface area contributed by atoms with Gasteiger partial charge in [0.05, 0.1) is 12.0 Å². The number of piperidine rings is 1. The molecule has 2 aliphatic heterocycles. The molecule has 1 N–H and O–H groups in total. The molecule has 9 heteroatoms. The number of rotatable bonds is 5. The molecule has 2 aromatic rings. The van der Waals surface area contributed by atoms with Crippen LogP contribution in [0.25, 0.3) is 6.08 Å². The van der Waals surface area contributed by atoms with Crippen LogP contribution >= 0.6 is 0 Å². The van der Waals surface area contributed by atoms with E-state index >= 15 is 0 Å². The summed E-state index contributed by atoms with van der Waals surface area (Å²) in [6, 6.07) is 10.4. The van der Waals surface area contributed by atoms with Gasteiger partial charge in [0, 0.05) is 18.2 Å². The molecule has 2 aliphatic rings. The van der Waals surface area contributed by atoms with Crippen LogP contribution in [-0.2, 0) is 10.6 Å². The second-order valence-electron chi connectivity index (χ2n) is 7.07. The quantitative estimate of drug-likeness (QED) is 0.596. The van der Waals surface area contributed by atoms with Crippen molar-refractivity contribution in [3.8, 4) is 5.75 Å². The fourth-order valence-electron chi connectivity index (χ4n) is 3.84. The number of aliphatic hydroxyl groups excluding tert-OH is 1. The van der Waals surface area contributed by atoms with Crippen molar-refractivity contribution in [2.24, 2.45) is 5.16 Å². The molecule has 0 aliphatic carbocycles. The lowest BCUT2D eigenvalue weighted by atomic mass is 9.95. The number of hydrogen-bond donors (Lipinski definition) is 1. The molecule has 0 radical (unpaired) electrons. The van der Waals surface area contributed by atoms with Crippen LogP contribution in [0.1, 0.15) is 24.0 Å². The first-order valence-electron chi connectivity index (χ1n) is 9.42. The number of hydrogen-bond acceptors (Lipinski definition) is 7. The smallest absolute Gasteiger partial charge is 0.310 e. The molecule has 8 nitrogen and oxygen atoms in total. The molecule has 0 saturated carbocycles. The molecule has 0 spiro atoms. The van der Waals surface area contributed by atoms with E-state index in [9.17, 15) is 19.6 Å². The molecule has 156 valence electrons. The maximum atomic E-state index is 13.4. The molecule has 2 aromatic carbocycles. The molecule has 2 heterocycles. The number of ether oxygens (including phenoxy) is 1. The zero-order valence-corrected chi connectivity index (χ0v) is 16.2. The van der Waals surface area contributed by atoms with Crippen LogP contribution < -0.4 is 4.74 Å². The van der Waals surface area contributed by atoms with Gasteiger partial charge in [0.1, 0.15) is 12.4 Å². The van der Waals surface area contributed by atoms with E-state index in [0.717, 1.165) is 24.0 Å². The van der Waals surface area contributed by atoms with Gasteiger partial charge >= 0.3 is 5.69 Å². The van der Waals surface area contributed by atoms with Gasteiger partial charge < -0.3 is 19.6 Å². The monoisotopic (exact) mass is 413 g/mol. The summed E-state index contributed by atoms with van der Waals surface area (Å²) >= 11 is 0. The number of benzene rings is 2. The average molecular weight is 413 g/mol. The number of amidine groups is 1. The maximum absolute atomic E-state index is 13.4. The molecule has 1 unspecified atom stereocenters. The molecule has 0 bridgehead atoms. The van der Waals surface area contributed by atoms with E-state index < -0.39 is 10.6 Å². The molecule has 4 rings (SSSR count). The summed E-state index contributed by atoms with van der Waals surface area (Å²) in [4.78, 5) is 18.2. The Bertz CT molecular complexity index is 1040. The molecule has 0 aromatic heterocycles. The highest BCUT2D eigenvalue weighted by molar-refractivity contribution is 6.03. The van der Waals surface area contributed by atoms with Crippen LogP contribution in [0.5, 0.6) is 5.75 Å². The van der Waals surface area contributed by atoms with Crippen molar-refractivity contribution in [1.29, 1.82) is 0 Å². The number of nitro groups is 1. The van der Waals surface area contributed by atoms with E-state index in [1.807, 2.05) is 11.0 Å². The van der Waals surface area contributed by atoms with Gasteiger partial charge in [0.25, 0.3) is 5.72 Å². The summed E-state index contributed by atoms with van der Waals surface area (Å²) in [7, 11) is 1.38. The molecule has 1 fully saturated rings. The van der Waals surface area contributed by atoms with Gasteiger partial charge in [-0.15, -0.1) is 0 Å². The minimum atomic E-state index is -1.21. The van der Waals surface area contributed by atoms with Crippen LogP contribution in [-0.4, -0.2) is 41.0 Å². The number of aliphatic hydroxyl groups is 1. The molecule has 1 saturated heterocycles. The summed E-state index contributed by atoms with van der Waals surface area (Å²) in [5.41, 5.74) is 0.871. The molecule has 1 atom stereocenters. The van der Waals surface area contributed by atoms with Gasteiger partial charge in [-0.2, -0.15) is 0 Å². The average Bonchev–Trinajstić information content (AvgIpc) is 3.15. The highest BCUT2D eigenvalue weighted by atomic mass is 19.1. The van der Waals surface area contributed by atoms with Crippen LogP contribution in [0.2, 0.25) is 0 Å². The zero-order valence-electron chi connectivity index (χ0n) is 16.2. The first-order chi connectivity index (χ1) is 14.5. The lowest BCUT2D eigenvalue weighted by Crippen LogP contribution is -2.51. The Hall–Kier alpha value is -3.46. The van der Waals surface area contributed by atoms with E-state index in [1.54, 1.807) is 24.3 Å². The predicted molar refractivity (Wildman–Crippen MR) is 107 cm³/mol. The molecule has 30 heavy (non-hydrogen) atoms. The first kappa shape index (κ1) is 19.8. The number of oxime groups is 1. The Morgan fingerprint density at radius 3 is 2.80 bits per heavy atom. The van der Waals surface area contributed by atoms with Crippen molar-refractivity contribution in [3.63, 3.8) is 0 Å². The van der Waals surface area contributed by atoms with Crippen molar-refractivity contribution >= 4 is 17.6 Å². The number of nitrogens with zero attached hydrogens (tertiary/aromatic N) is 3. The second-order valence-corrected chi connectivity index (χ2v) is 7.07. The second kappa shape index (κ2) is 7.75. The predicted octanol–water partition coefficient (Wildman–Crippen LogP) is 3.41. The minimum absolute atomic E-state index is 0.109. The third kappa shape index (κ3) is 3.26. The van der Waals surface area contributed by atoms with Crippen LogP contribution in [0, 0.1) is 15.9 Å². The van der Waals surface area contributed by atoms with Crippen LogP contribution in [0.4, 0.5) is 10.1 Å². The van der Waals surface area contributed by atoms with E-state index in [4.69, 9.17) is 9.57 Å². The van der Waals surface area contributed by atoms with Crippen molar-refractivity contribution in [3.05, 3.63) is 75.1 Å². The highest BCUT2D eigenvalue weighted by Gasteiger charge is 2.49. The first-order valence-corrected chi connectivity index (χ1v) is 9.42. The topological polar surface area (TPSA) is 97.4 Å². The number of nitro benzene ring substituents is 1. The third-order valence-electron chi connectivity index (χ3n) is 5.34. The lowest BCUT2D eigenvalue weighted by molar-refractivity contribution is -0.385. The van der Waals surface area contributed by atoms with Crippen molar-refractivity contribution in [2.45, 2.75) is 18.6 Å². The van der Waals surface area contributed by atoms with Gasteiger partial charge in [0.15, 0.2) is 11.6 Å². The Labute approximate surface area is 172 Å². The number of methoxy groups -OCH3 is 1. The van der Waals surface area contributed by atoms with Gasteiger partial charge in [-0.1, -0.05) is 5.16 Å².